The number of fused-ring (bicyclic) bond motifs is 2. The number of aryl methyl sites for hydroxylation is 2. The fourth-order valence-electron chi connectivity index (χ4n) is 4.38. The van der Waals surface area contributed by atoms with Gasteiger partial charge in [0.1, 0.15) is 0 Å². The Hall–Kier alpha value is -1.70. The van der Waals surface area contributed by atoms with E-state index in [4.69, 9.17) is 17.0 Å². The Morgan fingerprint density at radius 2 is 1.03 bits per heavy atom. The van der Waals surface area contributed by atoms with E-state index in [9.17, 15) is 0 Å². The molecule has 4 aromatic carbocycles. The van der Waals surface area contributed by atoms with Crippen molar-refractivity contribution in [3.8, 4) is 22.3 Å². The van der Waals surface area contributed by atoms with E-state index in [2.05, 4.69) is 122 Å². The van der Waals surface area contributed by atoms with E-state index in [0.29, 0.717) is 0 Å². The average Bonchev–Trinajstić information content (AvgIpc) is 3.56. The first-order valence-corrected chi connectivity index (χ1v) is 21.1. The molecule has 0 heterocycles. The van der Waals surface area contributed by atoms with Crippen molar-refractivity contribution in [3.63, 3.8) is 0 Å². The van der Waals surface area contributed by atoms with Crippen LogP contribution in [-0.4, -0.2) is 9.52 Å². The van der Waals surface area contributed by atoms with E-state index >= 15 is 0 Å². The molecule has 0 atom stereocenters. The summed E-state index contributed by atoms with van der Waals surface area (Å²) in [4.78, 5) is 0. The minimum absolute atomic E-state index is 0.750. The molecule has 2 aliphatic carbocycles. The molecule has 0 N–H and O–H groups in total. The molecule has 0 bridgehead atoms. The van der Waals surface area contributed by atoms with E-state index < -0.39 is 20.8 Å². The zero-order valence-electron chi connectivity index (χ0n) is 21.1. The van der Waals surface area contributed by atoms with E-state index in [1.54, 1.807) is 0 Å². The Morgan fingerprint density at radius 3 is 1.36 bits per heavy atom. The number of hydrogen-bond donors (Lipinski definition) is 0. The van der Waals surface area contributed by atoms with Crippen LogP contribution < -0.4 is 0 Å². The first-order valence-electron chi connectivity index (χ1n) is 12.4. The van der Waals surface area contributed by atoms with E-state index in [0.717, 1.165) is 9.52 Å². The molecule has 0 unspecified atom stereocenters. The van der Waals surface area contributed by atoms with Gasteiger partial charge in [0, 0.05) is 9.52 Å². The molecule has 0 aromatic heterocycles. The maximum atomic E-state index is 4.93. The quantitative estimate of drug-likeness (QED) is 0.157. The fraction of sp³-hybridized carbons (Fsp3) is 0.188. The van der Waals surface area contributed by atoms with Crippen molar-refractivity contribution in [1.29, 1.82) is 0 Å². The van der Waals surface area contributed by atoms with Gasteiger partial charge in [-0.15, -0.1) is 68.8 Å². The summed E-state index contributed by atoms with van der Waals surface area (Å²) in [5.41, 5.74) is 11.1. The van der Waals surface area contributed by atoms with Crippen LogP contribution in [0.4, 0.5) is 0 Å². The number of hydrogen-bond acceptors (Lipinski definition) is 0. The molecule has 0 aliphatic heterocycles. The van der Waals surface area contributed by atoms with Gasteiger partial charge in [-0.25, -0.2) is 0 Å². The summed E-state index contributed by atoms with van der Waals surface area (Å²) in [5.74, 6) is 0. The molecule has 0 nitrogen and oxygen atoms in total. The fourth-order valence-corrected chi connectivity index (χ4v) is 4.38. The number of allylic oxidation sites excluding steroid dienone is 2. The van der Waals surface area contributed by atoms with Crippen LogP contribution in [-0.2, 0) is 33.7 Å². The first-order chi connectivity index (χ1) is 17.7. The topological polar surface area (TPSA) is 0 Å². The molecule has 36 heavy (non-hydrogen) atoms. The molecule has 0 amide bonds. The van der Waals surface area contributed by atoms with Crippen molar-refractivity contribution in [2.45, 2.75) is 38.8 Å². The predicted octanol–water partition coefficient (Wildman–Crippen LogP) is 9.96. The number of halogens is 2. The van der Waals surface area contributed by atoms with Crippen LogP contribution >= 0.6 is 17.0 Å². The van der Waals surface area contributed by atoms with E-state index in [1.807, 2.05) is 0 Å². The van der Waals surface area contributed by atoms with Gasteiger partial charge < -0.3 is 0 Å². The monoisotopic (exact) mass is 605 g/mol. The SMILES string of the molecule is C1=Cc2cc(-c3ccccc3)[cH-]c2CC1.C1=Cc2cc(-c3ccccc3)[cH-]c2CC1.C[SiH]C.[Cl][Zr+2][Cl]. The van der Waals surface area contributed by atoms with Crippen LogP contribution in [0.5, 0.6) is 0 Å². The molecule has 6 rings (SSSR count). The van der Waals surface area contributed by atoms with Gasteiger partial charge in [0.2, 0.25) is 0 Å². The van der Waals surface area contributed by atoms with Gasteiger partial charge >= 0.3 is 37.9 Å². The maximum absolute atomic E-state index is 4.93. The standard InChI is InChI=1S/2C15H13.C2H7Si.2ClH.Zr/c2*1-2-6-12(7-3-1)15-10-13-8-4-5-9-14(13)11-15;1-3-2;;;/h2*1-4,6-8,10-11H,5,9H2;3H,1-2H3;2*1H;/q2*-1;;;;+4/p-2. The van der Waals surface area contributed by atoms with Gasteiger partial charge in [-0.2, -0.15) is 12.1 Å². The molecule has 183 valence electrons. The van der Waals surface area contributed by atoms with Gasteiger partial charge in [0.25, 0.3) is 0 Å². The third-order valence-corrected chi connectivity index (χ3v) is 5.99. The summed E-state index contributed by atoms with van der Waals surface area (Å²) in [6.07, 6.45) is 13.8. The molecule has 0 fully saturated rings. The number of benzene rings is 2. The van der Waals surface area contributed by atoms with Crippen LogP contribution in [0.3, 0.4) is 0 Å². The van der Waals surface area contributed by atoms with E-state index in [-0.39, 0.29) is 0 Å². The summed E-state index contributed by atoms with van der Waals surface area (Å²) < 4.78 is 0. The normalized spacial score (nSPS) is 12.3. The van der Waals surface area contributed by atoms with Crippen LogP contribution in [0.2, 0.25) is 13.1 Å². The third-order valence-electron chi connectivity index (χ3n) is 5.99. The van der Waals surface area contributed by atoms with Gasteiger partial charge in [-0.1, -0.05) is 85.9 Å². The molecular weight excluding hydrogens is 575 g/mol. The van der Waals surface area contributed by atoms with Gasteiger partial charge in [-0.05, 0) is 25.7 Å². The summed E-state index contributed by atoms with van der Waals surface area (Å²) in [6.45, 7) is 4.42. The zero-order chi connectivity index (χ0) is 25.6. The van der Waals surface area contributed by atoms with Crippen LogP contribution in [0.15, 0.2) is 97.1 Å². The van der Waals surface area contributed by atoms with Crippen molar-refractivity contribution in [1.82, 2.24) is 0 Å². The van der Waals surface area contributed by atoms with Gasteiger partial charge in [0.15, 0.2) is 0 Å². The molecule has 0 saturated carbocycles. The molecule has 4 heteroatoms. The Morgan fingerprint density at radius 1 is 0.667 bits per heavy atom. The Bertz CT molecular complexity index is 1120. The first kappa shape index (κ1) is 28.9. The summed E-state index contributed by atoms with van der Waals surface area (Å²) in [5, 5.41) is 0. The van der Waals surface area contributed by atoms with Crippen LogP contribution in [0, 0.1) is 0 Å². The Balaban J connectivity index is 0.000000165. The van der Waals surface area contributed by atoms with E-state index in [1.165, 1.54) is 70.2 Å². The second kappa shape index (κ2) is 16.2. The number of rotatable bonds is 2. The summed E-state index contributed by atoms with van der Waals surface area (Å²) in [6, 6.07) is 30.4. The molecule has 4 aromatic rings. The molecule has 0 spiro atoms. The third kappa shape index (κ3) is 8.70. The van der Waals surface area contributed by atoms with Crippen molar-refractivity contribution < 1.29 is 20.8 Å². The van der Waals surface area contributed by atoms with Crippen LogP contribution in [0.25, 0.3) is 34.4 Å². The zero-order valence-corrected chi connectivity index (χ0v) is 26.2. The second-order valence-electron chi connectivity index (χ2n) is 8.71. The minimum atomic E-state index is -0.826. The van der Waals surface area contributed by atoms with Crippen molar-refractivity contribution in [2.24, 2.45) is 0 Å². The molecular formula is C32H33Cl2SiZr. The van der Waals surface area contributed by atoms with Gasteiger partial charge in [0.05, 0.1) is 0 Å². The molecule has 0 saturated heterocycles. The second-order valence-corrected chi connectivity index (χ2v) is 13.6. The van der Waals surface area contributed by atoms with Crippen molar-refractivity contribution in [3.05, 3.63) is 119 Å². The molecule has 2 aliphatic rings. The molecule has 1 radical (unpaired) electrons. The Labute approximate surface area is 238 Å². The van der Waals surface area contributed by atoms with Crippen molar-refractivity contribution >= 4 is 38.7 Å². The van der Waals surface area contributed by atoms with Crippen LogP contribution in [0.1, 0.15) is 35.1 Å². The summed E-state index contributed by atoms with van der Waals surface area (Å²) >= 11 is -0.826. The van der Waals surface area contributed by atoms with Crippen molar-refractivity contribution in [2.75, 3.05) is 0 Å². The predicted molar refractivity (Wildman–Crippen MR) is 160 cm³/mol. The average molecular weight is 608 g/mol. The Kier molecular flexibility index (Phi) is 13.0. The van der Waals surface area contributed by atoms with Gasteiger partial charge in [-0.3, -0.25) is 0 Å². The summed E-state index contributed by atoms with van der Waals surface area (Å²) in [7, 11) is 10.6.